The summed E-state index contributed by atoms with van der Waals surface area (Å²) >= 11 is 0. The molecule has 34 heavy (non-hydrogen) atoms. The molecular formula is C27H42N4O3. The number of piperidine rings is 1. The highest BCUT2D eigenvalue weighted by Gasteiger charge is 2.26. The third kappa shape index (κ3) is 8.05. The number of nitrogens with zero attached hydrogens (tertiary/aromatic N) is 2. The van der Waals surface area contributed by atoms with Gasteiger partial charge < -0.3 is 25.2 Å². The highest BCUT2D eigenvalue weighted by Crippen LogP contribution is 2.27. The zero-order valence-electron chi connectivity index (χ0n) is 21.1. The van der Waals surface area contributed by atoms with Gasteiger partial charge in [0.05, 0.1) is 6.61 Å². The van der Waals surface area contributed by atoms with Gasteiger partial charge in [0.1, 0.15) is 0 Å². The number of nitrogens with one attached hydrogen (secondary N) is 2. The summed E-state index contributed by atoms with van der Waals surface area (Å²) in [6, 6.07) is 7.52. The number of likely N-dealkylation sites (tertiary alicyclic amines) is 1. The molecule has 7 heteroatoms. The van der Waals surface area contributed by atoms with Crippen molar-refractivity contribution in [3.05, 3.63) is 47.7 Å². The minimum absolute atomic E-state index is 0.0241. The highest BCUT2D eigenvalue weighted by molar-refractivity contribution is 5.94. The van der Waals surface area contributed by atoms with Crippen molar-refractivity contribution in [3.8, 4) is 0 Å². The van der Waals surface area contributed by atoms with Gasteiger partial charge in [0.25, 0.3) is 5.91 Å². The van der Waals surface area contributed by atoms with Crippen LogP contribution in [0.4, 0.5) is 4.79 Å². The number of amides is 3. The minimum Gasteiger partial charge on any atom is -0.381 e. The largest absolute Gasteiger partial charge is 0.381 e. The number of hydrogen-bond donors (Lipinski definition) is 2. The van der Waals surface area contributed by atoms with Crippen LogP contribution in [0.2, 0.25) is 0 Å². The Labute approximate surface area is 204 Å². The van der Waals surface area contributed by atoms with Gasteiger partial charge in [-0.3, -0.25) is 4.79 Å². The van der Waals surface area contributed by atoms with E-state index in [1.165, 1.54) is 24.2 Å². The molecule has 1 heterocycles. The smallest absolute Gasteiger partial charge is 0.317 e. The molecule has 7 nitrogen and oxygen atoms in total. The van der Waals surface area contributed by atoms with Gasteiger partial charge in [-0.15, -0.1) is 0 Å². The summed E-state index contributed by atoms with van der Waals surface area (Å²) in [7, 11) is 3.42. The molecule has 1 aromatic rings. The van der Waals surface area contributed by atoms with Gasteiger partial charge >= 0.3 is 6.03 Å². The van der Waals surface area contributed by atoms with Crippen LogP contribution in [0.5, 0.6) is 0 Å². The van der Waals surface area contributed by atoms with E-state index in [1.807, 2.05) is 24.3 Å². The lowest BCUT2D eigenvalue weighted by atomic mass is 9.84. The van der Waals surface area contributed by atoms with Crippen LogP contribution in [0.25, 0.3) is 0 Å². The SMILES string of the molecule is CCOC[C@@H]1CCCN(/C=C/[C@@H]2CCCC[C@@H]2NC(=O)c2ccc(CNC(=O)N(C)C)cc2)C1. The summed E-state index contributed by atoms with van der Waals surface area (Å²) in [6.45, 7) is 6.29. The Morgan fingerprint density at radius 1 is 1.12 bits per heavy atom. The fourth-order valence-electron chi connectivity index (χ4n) is 4.82. The number of ether oxygens (including phenoxy) is 1. The zero-order valence-corrected chi connectivity index (χ0v) is 21.1. The van der Waals surface area contributed by atoms with E-state index in [1.54, 1.807) is 14.1 Å². The summed E-state index contributed by atoms with van der Waals surface area (Å²) in [4.78, 5) is 28.6. The second kappa shape index (κ2) is 13.4. The predicted molar refractivity (Wildman–Crippen MR) is 136 cm³/mol. The zero-order chi connectivity index (χ0) is 24.3. The molecule has 0 spiro atoms. The Hall–Kier alpha value is -2.54. The van der Waals surface area contributed by atoms with Crippen molar-refractivity contribution in [1.82, 2.24) is 20.4 Å². The number of urea groups is 1. The summed E-state index contributed by atoms with van der Waals surface area (Å²) < 4.78 is 5.64. The van der Waals surface area contributed by atoms with Gasteiger partial charge in [0, 0.05) is 51.9 Å². The van der Waals surface area contributed by atoms with Crippen molar-refractivity contribution >= 4 is 11.9 Å². The number of hydrogen-bond acceptors (Lipinski definition) is 4. The molecule has 1 aliphatic heterocycles. The van der Waals surface area contributed by atoms with Crippen LogP contribution in [0.15, 0.2) is 36.5 Å². The Balaban J connectivity index is 1.52. The van der Waals surface area contributed by atoms with E-state index in [-0.39, 0.29) is 18.0 Å². The lowest BCUT2D eigenvalue weighted by Crippen LogP contribution is -2.41. The van der Waals surface area contributed by atoms with Crippen molar-refractivity contribution in [3.63, 3.8) is 0 Å². The quantitative estimate of drug-likeness (QED) is 0.572. The molecule has 0 radical (unpaired) electrons. The monoisotopic (exact) mass is 470 g/mol. The Bertz CT molecular complexity index is 809. The maximum absolute atomic E-state index is 12.9. The van der Waals surface area contributed by atoms with Crippen molar-refractivity contribution in [2.24, 2.45) is 11.8 Å². The molecule has 1 aliphatic carbocycles. The molecule has 2 aliphatic rings. The molecule has 3 amide bonds. The van der Waals surface area contributed by atoms with Crippen molar-refractivity contribution in [2.45, 2.75) is 58.0 Å². The second-order valence-corrected chi connectivity index (χ2v) is 9.78. The molecule has 188 valence electrons. The number of carbonyl (C=O) groups excluding carboxylic acids is 2. The number of rotatable bonds is 9. The van der Waals surface area contributed by atoms with E-state index >= 15 is 0 Å². The van der Waals surface area contributed by atoms with Gasteiger partial charge in [-0.2, -0.15) is 0 Å². The number of benzene rings is 1. The molecule has 3 rings (SSSR count). The van der Waals surface area contributed by atoms with E-state index in [0.717, 1.165) is 51.1 Å². The normalized spacial score (nSPS) is 23.0. The van der Waals surface area contributed by atoms with Crippen molar-refractivity contribution in [1.29, 1.82) is 0 Å². The highest BCUT2D eigenvalue weighted by atomic mass is 16.5. The van der Waals surface area contributed by atoms with E-state index in [4.69, 9.17) is 4.74 Å². The lowest BCUT2D eigenvalue weighted by molar-refractivity contribution is 0.0795. The molecule has 2 N–H and O–H groups in total. The third-order valence-corrected chi connectivity index (χ3v) is 6.85. The lowest BCUT2D eigenvalue weighted by Gasteiger charge is -2.34. The minimum atomic E-state index is -0.132. The molecule has 0 aromatic heterocycles. The van der Waals surface area contributed by atoms with Crippen LogP contribution in [-0.4, -0.2) is 68.2 Å². The first-order chi connectivity index (χ1) is 16.5. The van der Waals surface area contributed by atoms with Crippen LogP contribution in [0.3, 0.4) is 0 Å². The molecule has 0 unspecified atom stereocenters. The van der Waals surface area contributed by atoms with Gasteiger partial charge in [0.2, 0.25) is 0 Å². The van der Waals surface area contributed by atoms with Gasteiger partial charge in [-0.25, -0.2) is 4.79 Å². The van der Waals surface area contributed by atoms with Crippen molar-refractivity contribution in [2.75, 3.05) is 40.4 Å². The molecule has 0 bridgehead atoms. The van der Waals surface area contributed by atoms with Crippen LogP contribution >= 0.6 is 0 Å². The van der Waals surface area contributed by atoms with Crippen molar-refractivity contribution < 1.29 is 14.3 Å². The van der Waals surface area contributed by atoms with E-state index in [2.05, 4.69) is 34.7 Å². The first-order valence-corrected chi connectivity index (χ1v) is 12.8. The summed E-state index contributed by atoms with van der Waals surface area (Å²) in [5.41, 5.74) is 1.63. The van der Waals surface area contributed by atoms with Crippen LogP contribution < -0.4 is 10.6 Å². The topological polar surface area (TPSA) is 73.9 Å². The Morgan fingerprint density at radius 3 is 2.62 bits per heavy atom. The molecule has 3 atom stereocenters. The first kappa shape index (κ1) is 26.1. The predicted octanol–water partition coefficient (Wildman–Crippen LogP) is 4.01. The van der Waals surface area contributed by atoms with Crippen LogP contribution in [0.1, 0.15) is 61.4 Å². The fraction of sp³-hybridized carbons (Fsp3) is 0.630. The summed E-state index contributed by atoms with van der Waals surface area (Å²) in [5, 5.41) is 6.13. The van der Waals surface area contributed by atoms with Gasteiger partial charge in [-0.05, 0) is 68.3 Å². The maximum atomic E-state index is 12.9. The number of carbonyl (C=O) groups is 2. The Morgan fingerprint density at radius 2 is 1.88 bits per heavy atom. The Kier molecular flexibility index (Phi) is 10.3. The molecular weight excluding hydrogens is 428 g/mol. The van der Waals surface area contributed by atoms with Crippen LogP contribution in [0, 0.1) is 11.8 Å². The summed E-state index contributed by atoms with van der Waals surface area (Å²) in [5.74, 6) is 0.953. The van der Waals surface area contributed by atoms with Gasteiger partial charge in [0.15, 0.2) is 0 Å². The third-order valence-electron chi connectivity index (χ3n) is 6.85. The molecule has 1 saturated heterocycles. The fourth-order valence-corrected chi connectivity index (χ4v) is 4.82. The average molecular weight is 471 g/mol. The second-order valence-electron chi connectivity index (χ2n) is 9.78. The average Bonchev–Trinajstić information content (AvgIpc) is 2.86. The molecule has 1 aromatic carbocycles. The van der Waals surface area contributed by atoms with E-state index in [9.17, 15) is 9.59 Å². The maximum Gasteiger partial charge on any atom is 0.317 e. The van der Waals surface area contributed by atoms with E-state index < -0.39 is 0 Å². The molecule has 1 saturated carbocycles. The standard InChI is InChI=1S/C27H42N4O3/c1-4-34-20-22-8-7-16-31(19-22)17-15-23-9-5-6-10-25(23)29-26(32)24-13-11-21(12-14-24)18-28-27(33)30(2)3/h11-15,17,22-23,25H,4-10,16,18-20H2,1-3H3,(H,28,33)(H,29,32)/b17-15+/t22-,23+,25+/m1/s1. The van der Waals surface area contributed by atoms with Crippen LogP contribution in [-0.2, 0) is 11.3 Å². The summed E-state index contributed by atoms with van der Waals surface area (Å²) in [6.07, 6.45) is 11.5. The molecule has 2 fully saturated rings. The van der Waals surface area contributed by atoms with E-state index in [0.29, 0.717) is 23.9 Å². The van der Waals surface area contributed by atoms with Gasteiger partial charge in [-0.1, -0.05) is 31.1 Å². The first-order valence-electron chi connectivity index (χ1n) is 12.8.